The summed E-state index contributed by atoms with van der Waals surface area (Å²) in [7, 11) is 0. The summed E-state index contributed by atoms with van der Waals surface area (Å²) in [4.78, 5) is 25.2. The van der Waals surface area contributed by atoms with Crippen LogP contribution in [-0.2, 0) is 20.8 Å². The fourth-order valence-electron chi connectivity index (χ4n) is 3.43. The summed E-state index contributed by atoms with van der Waals surface area (Å²) in [6, 6.07) is 3.30. The Kier molecular flexibility index (Phi) is 8.22. The summed E-state index contributed by atoms with van der Waals surface area (Å²) in [6.07, 6.45) is -5.11. The van der Waals surface area contributed by atoms with Crippen molar-refractivity contribution in [1.82, 2.24) is 14.8 Å². The molecule has 2 atom stereocenters. The Bertz CT molecular complexity index is 790. The lowest BCUT2D eigenvalue weighted by molar-refractivity contribution is -0.286. The number of carbonyl (C=O) groups is 2. The van der Waals surface area contributed by atoms with Crippen molar-refractivity contribution in [3.8, 4) is 0 Å². The van der Waals surface area contributed by atoms with Crippen LogP contribution >= 0.6 is 0 Å². The fraction of sp³-hybridized carbons (Fsp3) is 0.714. The predicted octanol–water partition coefficient (Wildman–Crippen LogP) is 3.56. The monoisotopic (exact) mass is 463 g/mol. The molecule has 1 aliphatic rings. The van der Waals surface area contributed by atoms with Gasteiger partial charge in [-0.15, -0.1) is 0 Å². The number of aromatic nitrogens is 1. The number of alkyl halides is 3. The van der Waals surface area contributed by atoms with E-state index in [1.54, 1.807) is 50.6 Å². The first kappa shape index (κ1) is 26.0. The van der Waals surface area contributed by atoms with Gasteiger partial charge in [0.25, 0.3) is 0 Å². The van der Waals surface area contributed by atoms with Gasteiger partial charge in [-0.05, 0) is 46.8 Å². The third kappa shape index (κ3) is 6.61. The molecule has 0 aromatic carbocycles. The molecule has 0 saturated carbocycles. The first-order valence-electron chi connectivity index (χ1n) is 10.6. The molecule has 2 heterocycles. The predicted molar refractivity (Wildman–Crippen MR) is 110 cm³/mol. The van der Waals surface area contributed by atoms with E-state index in [-0.39, 0.29) is 26.1 Å². The van der Waals surface area contributed by atoms with Crippen LogP contribution in [0.5, 0.6) is 0 Å². The maximum Gasteiger partial charge on any atom is 0.419 e. The molecule has 2 unspecified atom stereocenters. The van der Waals surface area contributed by atoms with Gasteiger partial charge in [-0.1, -0.05) is 0 Å². The lowest BCUT2D eigenvalue weighted by Gasteiger charge is -2.35. The molecular weight excluding hydrogens is 431 g/mol. The Labute approximate surface area is 186 Å². The highest BCUT2D eigenvalue weighted by Gasteiger charge is 2.61. The fourth-order valence-corrected chi connectivity index (χ4v) is 3.43. The van der Waals surface area contributed by atoms with Gasteiger partial charge in [0.2, 0.25) is 0 Å². The minimum Gasteiger partial charge on any atom is -0.461 e. The molecular formula is C21H32F3N3O5. The largest absolute Gasteiger partial charge is 0.461 e. The summed E-state index contributed by atoms with van der Waals surface area (Å²) in [5.41, 5.74) is -2.94. The van der Waals surface area contributed by atoms with Crippen LogP contribution in [0.4, 0.5) is 18.0 Å². The summed E-state index contributed by atoms with van der Waals surface area (Å²) >= 11 is 0. The van der Waals surface area contributed by atoms with Crippen LogP contribution in [-0.4, -0.2) is 71.4 Å². The molecule has 1 saturated heterocycles. The van der Waals surface area contributed by atoms with Gasteiger partial charge in [0, 0.05) is 32.3 Å². The number of carbonyl (C=O) groups excluding carboxylic acids is 2. The van der Waals surface area contributed by atoms with E-state index < -0.39 is 42.2 Å². The Balaban J connectivity index is 1.96. The summed E-state index contributed by atoms with van der Waals surface area (Å²) in [5, 5.41) is 2.90. The lowest BCUT2D eigenvalue weighted by Crippen LogP contribution is -2.54. The van der Waals surface area contributed by atoms with E-state index in [4.69, 9.17) is 14.2 Å². The number of amides is 1. The quantitative estimate of drug-likeness (QED) is 0.469. The Morgan fingerprint density at radius 3 is 2.56 bits per heavy atom. The van der Waals surface area contributed by atoms with E-state index in [9.17, 15) is 22.8 Å². The first-order valence-corrected chi connectivity index (χ1v) is 10.6. The van der Waals surface area contributed by atoms with Crippen LogP contribution in [0.1, 0.15) is 51.5 Å². The number of hydrogen-bond donors (Lipinski definition) is 1. The van der Waals surface area contributed by atoms with Crippen molar-refractivity contribution >= 4 is 12.1 Å². The van der Waals surface area contributed by atoms with E-state index in [0.717, 1.165) is 4.90 Å². The second-order valence-corrected chi connectivity index (χ2v) is 8.67. The summed E-state index contributed by atoms with van der Waals surface area (Å²) in [6.45, 7) is 8.21. The van der Waals surface area contributed by atoms with E-state index in [1.165, 1.54) is 6.92 Å². The van der Waals surface area contributed by atoms with Crippen molar-refractivity contribution in [2.45, 2.75) is 71.2 Å². The molecule has 2 rings (SSSR count). The molecule has 8 nitrogen and oxygen atoms in total. The second kappa shape index (κ2) is 10.1. The molecule has 32 heavy (non-hydrogen) atoms. The average Bonchev–Trinajstić information content (AvgIpc) is 3.28. The first-order chi connectivity index (χ1) is 14.8. The Hall–Kier alpha value is -2.27. The molecule has 0 aliphatic carbocycles. The van der Waals surface area contributed by atoms with Gasteiger partial charge < -0.3 is 23.7 Å². The second-order valence-electron chi connectivity index (χ2n) is 8.67. The van der Waals surface area contributed by atoms with Crippen LogP contribution < -0.4 is 5.32 Å². The number of likely N-dealkylation sites (tertiary alicyclic amines) is 1. The number of hydrogen-bond acceptors (Lipinski definition) is 6. The molecule has 1 amide bonds. The number of halogens is 3. The normalized spacial score (nSPS) is 20.3. The molecule has 1 aromatic heterocycles. The van der Waals surface area contributed by atoms with Crippen LogP contribution in [0.25, 0.3) is 0 Å². The van der Waals surface area contributed by atoms with Gasteiger partial charge in [-0.2, -0.15) is 13.2 Å². The standard InChI is InChI=1S/C21H32F3N3O5/c1-6-30-17(28)16-8-7-11-26(16)13-10-25-15(2)31-20(21(22,23)24)9-12-27(14-20)18(29)32-19(3,4)5/h7-8,11,15,25H,6,9-10,12-14H2,1-5H3. The van der Waals surface area contributed by atoms with Crippen LogP contribution in [0.2, 0.25) is 0 Å². The van der Waals surface area contributed by atoms with Gasteiger partial charge in [-0.25, -0.2) is 9.59 Å². The van der Waals surface area contributed by atoms with Crippen molar-refractivity contribution in [3.05, 3.63) is 24.0 Å². The third-order valence-corrected chi connectivity index (χ3v) is 4.90. The molecule has 1 fully saturated rings. The van der Waals surface area contributed by atoms with Crippen molar-refractivity contribution in [2.24, 2.45) is 0 Å². The molecule has 1 N–H and O–H groups in total. The van der Waals surface area contributed by atoms with E-state index in [1.807, 2.05) is 0 Å². The van der Waals surface area contributed by atoms with Gasteiger partial charge in [0.05, 0.1) is 13.2 Å². The zero-order valence-corrected chi connectivity index (χ0v) is 19.1. The van der Waals surface area contributed by atoms with Crippen molar-refractivity contribution in [2.75, 3.05) is 26.2 Å². The number of nitrogens with zero attached hydrogens (tertiary/aromatic N) is 2. The van der Waals surface area contributed by atoms with Gasteiger partial charge >= 0.3 is 18.2 Å². The maximum absolute atomic E-state index is 13.9. The maximum atomic E-state index is 13.9. The van der Waals surface area contributed by atoms with Crippen molar-refractivity contribution in [1.29, 1.82) is 0 Å². The molecule has 0 bridgehead atoms. The Morgan fingerprint density at radius 2 is 1.97 bits per heavy atom. The minimum absolute atomic E-state index is 0.118. The molecule has 1 aromatic rings. The molecule has 0 radical (unpaired) electrons. The zero-order valence-electron chi connectivity index (χ0n) is 19.1. The average molecular weight is 463 g/mol. The minimum atomic E-state index is -4.67. The highest BCUT2D eigenvalue weighted by atomic mass is 19.4. The lowest BCUT2D eigenvalue weighted by atomic mass is 10.0. The number of esters is 1. The number of rotatable bonds is 8. The zero-order chi connectivity index (χ0) is 24.2. The smallest absolute Gasteiger partial charge is 0.419 e. The Morgan fingerprint density at radius 1 is 1.28 bits per heavy atom. The van der Waals surface area contributed by atoms with Crippen LogP contribution in [0.15, 0.2) is 18.3 Å². The molecule has 182 valence electrons. The highest BCUT2D eigenvalue weighted by molar-refractivity contribution is 5.87. The SMILES string of the molecule is CCOC(=O)c1cccn1CCNC(C)OC1(C(F)(F)F)CCN(C(=O)OC(C)(C)C)C1. The third-order valence-electron chi connectivity index (χ3n) is 4.90. The number of ether oxygens (including phenoxy) is 3. The molecule has 0 spiro atoms. The summed E-state index contributed by atoms with van der Waals surface area (Å²) < 4.78 is 59.0. The van der Waals surface area contributed by atoms with Crippen molar-refractivity contribution < 1.29 is 37.0 Å². The van der Waals surface area contributed by atoms with E-state index >= 15 is 0 Å². The van der Waals surface area contributed by atoms with Gasteiger partial charge in [-0.3, -0.25) is 5.32 Å². The topological polar surface area (TPSA) is 82.0 Å². The molecule has 11 heteroatoms. The number of nitrogens with one attached hydrogen (secondary N) is 1. The summed E-state index contributed by atoms with van der Waals surface area (Å²) in [5.74, 6) is -0.467. The van der Waals surface area contributed by atoms with E-state index in [2.05, 4.69) is 5.32 Å². The van der Waals surface area contributed by atoms with Crippen LogP contribution in [0.3, 0.4) is 0 Å². The van der Waals surface area contributed by atoms with Crippen LogP contribution in [0, 0.1) is 0 Å². The van der Waals surface area contributed by atoms with Gasteiger partial charge in [0.1, 0.15) is 17.5 Å². The van der Waals surface area contributed by atoms with Gasteiger partial charge in [0.15, 0.2) is 5.60 Å². The van der Waals surface area contributed by atoms with Crippen molar-refractivity contribution in [3.63, 3.8) is 0 Å². The highest BCUT2D eigenvalue weighted by Crippen LogP contribution is 2.41. The van der Waals surface area contributed by atoms with E-state index in [0.29, 0.717) is 12.2 Å². The molecule has 1 aliphatic heterocycles.